The summed E-state index contributed by atoms with van der Waals surface area (Å²) in [5.74, 6) is -2.85. The van der Waals surface area contributed by atoms with Gasteiger partial charge in [0, 0.05) is 25.4 Å². The number of halogens is 6. The second-order valence-electron chi connectivity index (χ2n) is 7.83. The van der Waals surface area contributed by atoms with Gasteiger partial charge in [0.05, 0.1) is 18.4 Å². The minimum Gasteiger partial charge on any atom is -0.493 e. The summed E-state index contributed by atoms with van der Waals surface area (Å²) in [6.07, 6.45) is -6.92. The molecular formula is C24H24F6N2O5. The Morgan fingerprint density at radius 1 is 0.946 bits per heavy atom. The zero-order valence-electron chi connectivity index (χ0n) is 20.4. The third-order valence-corrected chi connectivity index (χ3v) is 4.36. The molecule has 2 rings (SSSR count). The number of hydrogen-bond donors (Lipinski definition) is 1. The van der Waals surface area contributed by atoms with Crippen LogP contribution in [0.2, 0.25) is 0 Å². The van der Waals surface area contributed by atoms with Gasteiger partial charge < -0.3 is 24.3 Å². The van der Waals surface area contributed by atoms with Crippen LogP contribution < -0.4 is 24.3 Å². The van der Waals surface area contributed by atoms with Crippen molar-refractivity contribution in [3.05, 3.63) is 53.2 Å². The highest BCUT2D eigenvalue weighted by Crippen LogP contribution is 2.40. The molecule has 2 aromatic carbocycles. The number of ether oxygens (including phenoxy) is 4. The lowest BCUT2D eigenvalue weighted by molar-refractivity contribution is -0.275. The standard InChI is InChI=1S/C24H24F6N2O5/c1-13(2)8-15(12-31-4)32-22(33)21-14(3)9-17(37-24(28,29)30)11-20(21)35-18-7-6-16(10-19(18)34-5)36-23(25,26)27/h6-13H,1-5H3,(H,32,33)/b15-8+,31-12-. The van der Waals surface area contributed by atoms with Gasteiger partial charge in [-0.1, -0.05) is 19.9 Å². The van der Waals surface area contributed by atoms with Crippen LogP contribution in [0.3, 0.4) is 0 Å². The molecule has 202 valence electrons. The van der Waals surface area contributed by atoms with E-state index in [4.69, 9.17) is 9.47 Å². The van der Waals surface area contributed by atoms with E-state index in [0.717, 1.165) is 37.4 Å². The summed E-state index contributed by atoms with van der Waals surface area (Å²) in [6.45, 7) is 5.08. The van der Waals surface area contributed by atoms with Crippen LogP contribution in [-0.2, 0) is 0 Å². The number of aryl methyl sites for hydroxylation is 1. The van der Waals surface area contributed by atoms with Crippen LogP contribution in [0.1, 0.15) is 29.8 Å². The van der Waals surface area contributed by atoms with Gasteiger partial charge in [0.2, 0.25) is 0 Å². The zero-order chi connectivity index (χ0) is 28.0. The fourth-order valence-corrected chi connectivity index (χ4v) is 3.14. The van der Waals surface area contributed by atoms with Crippen molar-refractivity contribution in [3.63, 3.8) is 0 Å². The number of allylic oxidation sites excluding steroid dienone is 2. The van der Waals surface area contributed by atoms with E-state index in [1.807, 2.05) is 13.8 Å². The molecule has 0 fully saturated rings. The maximum Gasteiger partial charge on any atom is 0.573 e. The molecule has 0 aliphatic heterocycles. The number of aliphatic imine (C=N–C) groups is 1. The average molecular weight is 534 g/mol. The molecule has 37 heavy (non-hydrogen) atoms. The number of amides is 1. The molecular weight excluding hydrogens is 510 g/mol. The lowest BCUT2D eigenvalue weighted by Crippen LogP contribution is -2.25. The molecule has 0 saturated carbocycles. The molecule has 0 saturated heterocycles. The molecule has 0 radical (unpaired) electrons. The molecule has 2 aromatic rings. The normalized spacial score (nSPS) is 12.6. The molecule has 0 atom stereocenters. The molecule has 0 spiro atoms. The quantitative estimate of drug-likeness (QED) is 0.291. The van der Waals surface area contributed by atoms with Crippen molar-refractivity contribution < 1.29 is 50.1 Å². The summed E-state index contributed by atoms with van der Waals surface area (Å²) in [5.41, 5.74) is 0.226. The minimum atomic E-state index is -5.04. The summed E-state index contributed by atoms with van der Waals surface area (Å²) < 4.78 is 94.9. The molecule has 0 bridgehead atoms. The third kappa shape index (κ3) is 9.24. The third-order valence-electron chi connectivity index (χ3n) is 4.36. The first-order valence-corrected chi connectivity index (χ1v) is 10.6. The van der Waals surface area contributed by atoms with E-state index in [2.05, 4.69) is 19.8 Å². The molecule has 13 heteroatoms. The first kappa shape index (κ1) is 29.3. The van der Waals surface area contributed by atoms with Crippen molar-refractivity contribution in [2.75, 3.05) is 14.2 Å². The number of benzene rings is 2. The van der Waals surface area contributed by atoms with Crippen LogP contribution in [0.15, 0.2) is 47.1 Å². The van der Waals surface area contributed by atoms with Crippen molar-refractivity contribution in [2.45, 2.75) is 33.5 Å². The highest BCUT2D eigenvalue weighted by molar-refractivity contribution is 6.02. The first-order chi connectivity index (χ1) is 17.1. The summed E-state index contributed by atoms with van der Waals surface area (Å²) in [7, 11) is 2.62. The monoisotopic (exact) mass is 534 g/mol. The molecule has 0 unspecified atom stereocenters. The second kappa shape index (κ2) is 11.9. The van der Waals surface area contributed by atoms with Gasteiger partial charge >= 0.3 is 12.7 Å². The van der Waals surface area contributed by atoms with Crippen LogP contribution in [0, 0.1) is 12.8 Å². The Labute approximate surface area is 208 Å². The number of alkyl halides is 6. The predicted molar refractivity (Wildman–Crippen MR) is 122 cm³/mol. The lowest BCUT2D eigenvalue weighted by atomic mass is 10.1. The fraction of sp³-hybridized carbons (Fsp3) is 0.333. The lowest BCUT2D eigenvalue weighted by Gasteiger charge is -2.18. The van der Waals surface area contributed by atoms with Gasteiger partial charge in [0.15, 0.2) is 11.5 Å². The van der Waals surface area contributed by atoms with Crippen LogP contribution in [0.25, 0.3) is 0 Å². The second-order valence-corrected chi connectivity index (χ2v) is 7.83. The Morgan fingerprint density at radius 3 is 2.08 bits per heavy atom. The molecule has 7 nitrogen and oxygen atoms in total. The van der Waals surface area contributed by atoms with Crippen molar-refractivity contribution in [1.82, 2.24) is 5.32 Å². The fourth-order valence-electron chi connectivity index (χ4n) is 3.14. The van der Waals surface area contributed by atoms with Gasteiger partial charge in [-0.3, -0.25) is 9.79 Å². The summed E-state index contributed by atoms with van der Waals surface area (Å²) >= 11 is 0. The van der Waals surface area contributed by atoms with Gasteiger partial charge in [-0.15, -0.1) is 26.3 Å². The Balaban J connectivity index is 2.58. The van der Waals surface area contributed by atoms with Gasteiger partial charge in [0.1, 0.15) is 17.2 Å². The Kier molecular flexibility index (Phi) is 9.43. The smallest absolute Gasteiger partial charge is 0.493 e. The topological polar surface area (TPSA) is 78.4 Å². The summed E-state index contributed by atoms with van der Waals surface area (Å²) in [4.78, 5) is 17.0. The number of nitrogens with one attached hydrogen (secondary N) is 1. The highest BCUT2D eigenvalue weighted by atomic mass is 19.4. The Hall–Kier alpha value is -3.90. The maximum absolute atomic E-state index is 13.2. The molecule has 0 aliphatic carbocycles. The first-order valence-electron chi connectivity index (χ1n) is 10.6. The van der Waals surface area contributed by atoms with Gasteiger partial charge in [-0.25, -0.2) is 0 Å². The van der Waals surface area contributed by atoms with Crippen molar-refractivity contribution in [1.29, 1.82) is 0 Å². The van der Waals surface area contributed by atoms with Gasteiger partial charge in [-0.05, 0) is 36.6 Å². The summed E-state index contributed by atoms with van der Waals surface area (Å²) in [5, 5.41) is 2.62. The molecule has 0 aromatic heterocycles. The van der Waals surface area contributed by atoms with E-state index < -0.39 is 30.1 Å². The van der Waals surface area contributed by atoms with E-state index in [-0.39, 0.29) is 34.3 Å². The number of nitrogens with zero attached hydrogens (tertiary/aromatic N) is 1. The van der Waals surface area contributed by atoms with Crippen LogP contribution >= 0.6 is 0 Å². The van der Waals surface area contributed by atoms with Crippen molar-refractivity contribution in [3.8, 4) is 28.7 Å². The van der Waals surface area contributed by atoms with E-state index in [9.17, 15) is 31.1 Å². The van der Waals surface area contributed by atoms with Crippen LogP contribution in [-0.4, -0.2) is 39.0 Å². The van der Waals surface area contributed by atoms with E-state index in [1.54, 1.807) is 6.08 Å². The van der Waals surface area contributed by atoms with Gasteiger partial charge in [0.25, 0.3) is 5.91 Å². The van der Waals surface area contributed by atoms with Crippen molar-refractivity contribution >= 4 is 12.1 Å². The molecule has 1 amide bonds. The molecule has 0 heterocycles. The van der Waals surface area contributed by atoms with E-state index >= 15 is 0 Å². The maximum atomic E-state index is 13.2. The largest absolute Gasteiger partial charge is 0.573 e. The minimum absolute atomic E-state index is 0.0226. The predicted octanol–water partition coefficient (Wildman–Crippen LogP) is 6.56. The average Bonchev–Trinajstić information content (AvgIpc) is 2.71. The number of carbonyl (C=O) groups is 1. The number of methoxy groups -OCH3 is 1. The molecule has 1 N–H and O–H groups in total. The van der Waals surface area contributed by atoms with Crippen molar-refractivity contribution in [2.24, 2.45) is 10.9 Å². The Morgan fingerprint density at radius 2 is 1.54 bits per heavy atom. The zero-order valence-corrected chi connectivity index (χ0v) is 20.4. The highest BCUT2D eigenvalue weighted by Gasteiger charge is 2.33. The van der Waals surface area contributed by atoms with Crippen LogP contribution in [0.4, 0.5) is 26.3 Å². The Bertz CT molecular complexity index is 1170. The molecule has 0 aliphatic rings. The van der Waals surface area contributed by atoms with Gasteiger partial charge in [-0.2, -0.15) is 0 Å². The summed E-state index contributed by atoms with van der Waals surface area (Å²) in [6, 6.07) is 4.64. The van der Waals surface area contributed by atoms with E-state index in [1.165, 1.54) is 20.2 Å². The SMILES string of the molecule is C/N=C\C(=C/C(C)C)NC(=O)c1c(C)cc(OC(F)(F)F)cc1Oc1ccc(OC(F)(F)F)cc1OC. The number of carbonyl (C=O) groups excluding carboxylic acids is 1. The van der Waals surface area contributed by atoms with E-state index in [0.29, 0.717) is 5.70 Å². The number of rotatable bonds is 9. The number of hydrogen-bond acceptors (Lipinski definition) is 6. The van der Waals surface area contributed by atoms with Crippen LogP contribution in [0.5, 0.6) is 28.7 Å².